The van der Waals surface area contributed by atoms with Crippen LogP contribution < -0.4 is 29.6 Å². The van der Waals surface area contributed by atoms with Crippen LogP contribution in [-0.4, -0.2) is 85.7 Å². The van der Waals surface area contributed by atoms with Gasteiger partial charge in [-0.1, -0.05) is 12.1 Å². The monoisotopic (exact) mass is 1040 g/mol. The molecule has 0 radical (unpaired) electrons. The van der Waals surface area contributed by atoms with E-state index in [2.05, 4.69) is 31.1 Å². The number of azo groups is 2. The molecule has 0 amide bonds. The van der Waals surface area contributed by atoms with Crippen molar-refractivity contribution in [1.29, 1.82) is 0 Å². The van der Waals surface area contributed by atoms with Crippen molar-refractivity contribution in [2.24, 2.45) is 20.5 Å². The van der Waals surface area contributed by atoms with Crippen LogP contribution in [0.4, 0.5) is 45.5 Å². The quantitative estimate of drug-likeness (QED) is 0.0275. The van der Waals surface area contributed by atoms with E-state index in [4.69, 9.17) is 18.9 Å². The number of carboxylic acids is 2. The minimum atomic E-state index is -5.05. The van der Waals surface area contributed by atoms with Crippen LogP contribution in [0, 0.1) is 0 Å². The van der Waals surface area contributed by atoms with Gasteiger partial charge in [-0.25, -0.2) is 9.59 Å². The molecule has 0 saturated carbocycles. The van der Waals surface area contributed by atoms with Gasteiger partial charge in [-0.15, -0.1) is 20.5 Å². The van der Waals surface area contributed by atoms with Gasteiger partial charge in [0, 0.05) is 33.5 Å². The number of phenolic OH excluding ortho intramolecular Hbond substituents is 2. The lowest BCUT2D eigenvalue weighted by atomic mass is 10.0. The summed E-state index contributed by atoms with van der Waals surface area (Å²) in [6.45, 7) is -1.78. The number of phenols is 2. The number of benzene rings is 8. The Hall–Kier alpha value is -9.36. The summed E-state index contributed by atoms with van der Waals surface area (Å²) in [6, 6.07) is 33.5. The van der Waals surface area contributed by atoms with E-state index in [9.17, 15) is 56.0 Å². The molecule has 0 atom stereocenters. The molecule has 0 heterocycles. The molecule has 378 valence electrons. The number of carboxylic acid groups (broad SMARTS) is 2. The van der Waals surface area contributed by atoms with Crippen LogP contribution in [0.3, 0.4) is 0 Å². The fourth-order valence-corrected chi connectivity index (χ4v) is 8.71. The third-order valence-electron chi connectivity index (χ3n) is 10.9. The van der Waals surface area contributed by atoms with Crippen molar-refractivity contribution >= 4 is 99.2 Å². The molecule has 8 aromatic rings. The number of aromatic hydroxyl groups is 2. The molecule has 74 heavy (non-hydrogen) atoms. The zero-order valence-corrected chi connectivity index (χ0v) is 40.1. The number of ether oxygens (including phenoxy) is 4. The summed E-state index contributed by atoms with van der Waals surface area (Å²) in [4.78, 5) is 21.7. The smallest absolute Gasteiger partial charge is 0.341 e. The number of fused-ring (bicyclic) bond motifs is 2. The molecule has 8 aromatic carbocycles. The summed E-state index contributed by atoms with van der Waals surface area (Å²) in [5, 5.41) is 64.7. The van der Waals surface area contributed by atoms with Crippen LogP contribution in [0.5, 0.6) is 34.5 Å². The highest BCUT2D eigenvalue weighted by molar-refractivity contribution is 7.86. The Bertz CT molecular complexity index is 3550. The Morgan fingerprint density at radius 3 is 1.19 bits per heavy atom. The number of nitrogens with one attached hydrogen (secondary N) is 2. The van der Waals surface area contributed by atoms with E-state index >= 15 is 0 Å². The summed E-state index contributed by atoms with van der Waals surface area (Å²) in [5.41, 5.74) is 1.26. The molecule has 0 saturated heterocycles. The second-order valence-corrected chi connectivity index (χ2v) is 18.6. The first-order valence-electron chi connectivity index (χ1n) is 21.5. The number of hydrogen-bond donors (Lipinski definition) is 8. The molecule has 0 aromatic heterocycles. The zero-order valence-electron chi connectivity index (χ0n) is 38.5. The number of anilines is 4. The van der Waals surface area contributed by atoms with Gasteiger partial charge < -0.3 is 50.0 Å². The largest absolute Gasteiger partial charge is 0.505 e. The Kier molecular flexibility index (Phi) is 14.6. The summed E-state index contributed by atoms with van der Waals surface area (Å²) in [6.07, 6.45) is 0. The summed E-state index contributed by atoms with van der Waals surface area (Å²) in [5.74, 6) is -3.29. The predicted octanol–water partition coefficient (Wildman–Crippen LogP) is 10.8. The highest BCUT2D eigenvalue weighted by atomic mass is 32.2. The van der Waals surface area contributed by atoms with E-state index in [0.29, 0.717) is 34.2 Å². The number of hydrogen-bond acceptors (Lipinski definition) is 18. The molecule has 0 spiro atoms. The molecule has 22 nitrogen and oxygen atoms in total. The highest BCUT2D eigenvalue weighted by Gasteiger charge is 2.25. The Morgan fingerprint density at radius 1 is 0.486 bits per heavy atom. The lowest BCUT2D eigenvalue weighted by Gasteiger charge is -2.13. The van der Waals surface area contributed by atoms with E-state index in [-0.39, 0.29) is 55.5 Å². The minimum absolute atomic E-state index is 0.134. The maximum atomic E-state index is 12.7. The van der Waals surface area contributed by atoms with Gasteiger partial charge in [0.15, 0.2) is 24.7 Å². The van der Waals surface area contributed by atoms with Gasteiger partial charge in [0.2, 0.25) is 0 Å². The van der Waals surface area contributed by atoms with Gasteiger partial charge in [-0.05, 0) is 143 Å². The lowest BCUT2D eigenvalue weighted by molar-refractivity contribution is -0.140. The average molecular weight is 1050 g/mol. The van der Waals surface area contributed by atoms with Gasteiger partial charge >= 0.3 is 11.9 Å². The standard InChI is InChI=1S/C50H40N6O16S2/c1-69-35-11-5-31(6-12-35)51-33-9-15-37-29(19-33)23-43(73(63,64)65)47(49(37)61)55-53-39-17-3-27(21-41(39)71-25-45(57)58)28-4-18-40(42(22-28)72-26-46(59)60)54-56-48-44(74(66,67)68)24-30-20-34(10-16-38(30)50(48)62)52-32-7-13-36(70-2)14-8-32/h3-24,51-52,61-62H,25-26H2,1-2H3,(H,57,58)(H,59,60)(H,63,64,65)(H,66,67,68). The predicted molar refractivity (Wildman–Crippen MR) is 270 cm³/mol. The fraction of sp³-hybridized carbons (Fsp3) is 0.0800. The number of methoxy groups -OCH3 is 2. The third-order valence-corrected chi connectivity index (χ3v) is 12.6. The Labute approximate surface area is 419 Å². The number of carbonyl (C=O) groups is 2. The van der Waals surface area contributed by atoms with Crippen molar-refractivity contribution in [3.8, 4) is 45.6 Å². The Morgan fingerprint density at radius 2 is 0.851 bits per heavy atom. The van der Waals surface area contributed by atoms with Crippen LogP contribution in [-0.2, 0) is 29.8 Å². The van der Waals surface area contributed by atoms with Crippen molar-refractivity contribution in [2.75, 3.05) is 38.1 Å². The SMILES string of the molecule is COc1ccc(Nc2ccc3c(O)c(N=Nc4ccc(-c5ccc(N=Nc6c(S(=O)(=O)O)cc7cc(Nc8ccc(OC)cc8)ccc7c6O)c(OCC(=O)O)c5)cc4OCC(=O)O)c(S(=O)(=O)O)cc3c2)cc1. The van der Waals surface area contributed by atoms with Gasteiger partial charge in [0.1, 0.15) is 55.5 Å². The molecule has 0 aliphatic carbocycles. The molecule has 0 aliphatic heterocycles. The molecular formula is C50H40N6O16S2. The van der Waals surface area contributed by atoms with Crippen LogP contribution in [0.15, 0.2) is 164 Å². The first-order valence-corrected chi connectivity index (χ1v) is 24.3. The van der Waals surface area contributed by atoms with Crippen LogP contribution >= 0.6 is 0 Å². The highest BCUT2D eigenvalue weighted by Crippen LogP contribution is 2.46. The minimum Gasteiger partial charge on any atom is -0.505 e. The van der Waals surface area contributed by atoms with E-state index in [0.717, 1.165) is 12.1 Å². The number of aliphatic carboxylic acids is 2. The topological polar surface area (TPSA) is 334 Å². The van der Waals surface area contributed by atoms with E-state index < -0.39 is 78.1 Å². The van der Waals surface area contributed by atoms with Gasteiger partial charge in [0.25, 0.3) is 20.2 Å². The normalized spacial score (nSPS) is 11.8. The van der Waals surface area contributed by atoms with Crippen molar-refractivity contribution in [3.05, 3.63) is 133 Å². The fourth-order valence-electron chi connectivity index (χ4n) is 7.40. The maximum absolute atomic E-state index is 12.7. The maximum Gasteiger partial charge on any atom is 0.341 e. The molecule has 8 rings (SSSR count). The first-order chi connectivity index (χ1) is 35.3. The zero-order chi connectivity index (χ0) is 52.9. The Balaban J connectivity index is 1.12. The third kappa shape index (κ3) is 11.7. The van der Waals surface area contributed by atoms with E-state index in [1.807, 2.05) is 0 Å². The number of rotatable bonds is 19. The van der Waals surface area contributed by atoms with Crippen molar-refractivity contribution in [1.82, 2.24) is 0 Å². The van der Waals surface area contributed by atoms with Crippen LogP contribution in [0.1, 0.15) is 0 Å². The van der Waals surface area contributed by atoms with Crippen LogP contribution in [0.2, 0.25) is 0 Å². The molecule has 0 aliphatic rings. The molecule has 0 unspecified atom stereocenters. The molecule has 0 bridgehead atoms. The van der Waals surface area contributed by atoms with Gasteiger partial charge in [-0.2, -0.15) is 16.8 Å². The molecule has 0 fully saturated rings. The molecule has 8 N–H and O–H groups in total. The van der Waals surface area contributed by atoms with Crippen LogP contribution in [0.25, 0.3) is 32.7 Å². The second kappa shape index (κ2) is 21.2. The molecular weight excluding hydrogens is 1000 g/mol. The van der Waals surface area contributed by atoms with E-state index in [1.165, 1.54) is 74.9 Å². The van der Waals surface area contributed by atoms with Gasteiger partial charge in [-0.3, -0.25) is 9.11 Å². The average Bonchev–Trinajstić information content (AvgIpc) is 3.37. The van der Waals surface area contributed by atoms with Crippen molar-refractivity contribution < 1.29 is 74.9 Å². The summed E-state index contributed by atoms with van der Waals surface area (Å²) < 4.78 is 92.7. The first kappa shape index (κ1) is 51.0. The molecule has 24 heteroatoms. The van der Waals surface area contributed by atoms with Gasteiger partial charge in [0.05, 0.1) is 14.2 Å². The summed E-state index contributed by atoms with van der Waals surface area (Å²) >= 11 is 0. The summed E-state index contributed by atoms with van der Waals surface area (Å²) in [7, 11) is -7.05. The number of nitrogens with zero attached hydrogens (tertiary/aromatic N) is 4. The van der Waals surface area contributed by atoms with Crippen molar-refractivity contribution in [3.63, 3.8) is 0 Å². The van der Waals surface area contributed by atoms with Crippen molar-refractivity contribution in [2.45, 2.75) is 9.79 Å². The van der Waals surface area contributed by atoms with E-state index in [1.54, 1.807) is 60.7 Å². The lowest BCUT2D eigenvalue weighted by Crippen LogP contribution is -2.09. The second-order valence-electron chi connectivity index (χ2n) is 15.8.